The van der Waals surface area contributed by atoms with Gasteiger partial charge in [-0.3, -0.25) is 9.32 Å². The minimum absolute atomic E-state index is 0.0961. The largest absolute Gasteiger partial charge is 0.464 e. The highest BCUT2D eigenvalue weighted by Crippen LogP contribution is 2.47. The van der Waals surface area contributed by atoms with Crippen LogP contribution in [0.2, 0.25) is 0 Å². The van der Waals surface area contributed by atoms with Gasteiger partial charge in [0.2, 0.25) is 5.60 Å². The fraction of sp³-hybridized carbons (Fsp3) is 0.481. The summed E-state index contributed by atoms with van der Waals surface area (Å²) in [6.07, 6.45) is -1.87. The van der Waals surface area contributed by atoms with Crippen LogP contribution in [0.4, 0.5) is 5.82 Å². The monoisotopic (exact) mass is 602 g/mol. The van der Waals surface area contributed by atoms with Crippen LogP contribution in [0.5, 0.6) is 5.75 Å². The molecule has 15 heteroatoms. The quantitative estimate of drug-likeness (QED) is 0.164. The number of esters is 1. The highest BCUT2D eigenvalue weighted by atomic mass is 31.2. The van der Waals surface area contributed by atoms with E-state index in [0.29, 0.717) is 5.52 Å². The van der Waals surface area contributed by atoms with Crippen molar-refractivity contribution >= 4 is 25.1 Å². The molecule has 3 heterocycles. The van der Waals surface area contributed by atoms with Crippen molar-refractivity contribution in [1.82, 2.24) is 19.7 Å². The van der Waals surface area contributed by atoms with Gasteiger partial charge in [0.1, 0.15) is 48.0 Å². The number of nitrogens with zero attached hydrogens (tertiary/aromatic N) is 4. The average molecular weight is 603 g/mol. The molecule has 0 saturated carbocycles. The van der Waals surface area contributed by atoms with Crippen molar-refractivity contribution in [3.63, 3.8) is 0 Å². The lowest BCUT2D eigenvalue weighted by Crippen LogP contribution is -2.41. The molecule has 5 N–H and O–H groups in total. The lowest BCUT2D eigenvalue weighted by molar-refractivity contribution is -0.146. The number of anilines is 1. The standard InChI is InChI=1S/C27H35N6O8P/c1-4-18(5-2)13-38-26(36)17(3)32-42(37,41-19-9-7-6-8-10-19)39-14-21-23(34)24(35)27(15-28,40-21)22-12-11-20-25(29)30-16-31-33(20)22/h6-12,16-18,21,23-24,34-35H,4-5,13-14H2,1-3H3,(H,32,37)(H2,29,30,31)/t17-,21-,23-,24-,27+,42?/m1/s1. The van der Waals surface area contributed by atoms with E-state index in [1.165, 1.54) is 23.8 Å². The van der Waals surface area contributed by atoms with Crippen LogP contribution >= 0.6 is 7.75 Å². The van der Waals surface area contributed by atoms with E-state index in [4.69, 9.17) is 24.3 Å². The molecule has 1 fully saturated rings. The molecule has 0 aliphatic carbocycles. The number of aromatic nitrogens is 3. The molecule has 3 aromatic rings. The number of hydrogen-bond acceptors (Lipinski definition) is 12. The number of ether oxygens (including phenoxy) is 2. The van der Waals surface area contributed by atoms with Gasteiger partial charge < -0.3 is 29.9 Å². The van der Waals surface area contributed by atoms with Crippen molar-refractivity contribution in [2.45, 2.75) is 63.6 Å². The van der Waals surface area contributed by atoms with Gasteiger partial charge in [-0.05, 0) is 37.1 Å². The van der Waals surface area contributed by atoms with E-state index in [1.807, 2.05) is 19.9 Å². The van der Waals surface area contributed by atoms with Crippen molar-refractivity contribution in [2.24, 2.45) is 5.92 Å². The van der Waals surface area contributed by atoms with Crippen LogP contribution < -0.4 is 15.3 Å². The van der Waals surface area contributed by atoms with Gasteiger partial charge in [-0.2, -0.15) is 15.4 Å². The molecular formula is C27H35N6O8P. The van der Waals surface area contributed by atoms with Crippen LogP contribution in [-0.2, 0) is 29.0 Å². The third kappa shape index (κ3) is 6.42. The molecule has 0 amide bonds. The van der Waals surface area contributed by atoms with E-state index in [0.717, 1.165) is 12.8 Å². The van der Waals surface area contributed by atoms with E-state index in [2.05, 4.69) is 15.2 Å². The lowest BCUT2D eigenvalue weighted by Gasteiger charge is -2.25. The summed E-state index contributed by atoms with van der Waals surface area (Å²) in [5, 5.41) is 38.7. The van der Waals surface area contributed by atoms with Gasteiger partial charge in [0.15, 0.2) is 5.82 Å². The summed E-state index contributed by atoms with van der Waals surface area (Å²) in [6, 6.07) is 12.0. The predicted octanol–water partition coefficient (Wildman–Crippen LogP) is 2.31. The Labute approximate surface area is 242 Å². The number of carbonyl (C=O) groups excluding carboxylic acids is 1. The van der Waals surface area contributed by atoms with Crippen molar-refractivity contribution in [3.05, 3.63) is 54.5 Å². The second kappa shape index (κ2) is 13.2. The van der Waals surface area contributed by atoms with Crippen molar-refractivity contribution in [1.29, 1.82) is 5.26 Å². The number of nitrogen functional groups attached to an aromatic ring is 1. The van der Waals surface area contributed by atoms with Crippen molar-refractivity contribution in [2.75, 3.05) is 18.9 Å². The Morgan fingerprint density at radius 3 is 2.64 bits per heavy atom. The number of hydrogen-bond donors (Lipinski definition) is 4. The summed E-state index contributed by atoms with van der Waals surface area (Å²) in [5.41, 5.74) is 4.28. The SMILES string of the molecule is CCC(CC)COC(=O)[C@@H](C)NP(=O)(OC[C@H]1O[C@@](C#N)(c2ccc3c(N)ncnn23)[C@H](O)[C@@H]1O)Oc1ccccc1. The Kier molecular flexibility index (Phi) is 9.83. The predicted molar refractivity (Wildman–Crippen MR) is 150 cm³/mol. The van der Waals surface area contributed by atoms with Gasteiger partial charge in [-0.25, -0.2) is 14.1 Å². The highest BCUT2D eigenvalue weighted by Gasteiger charge is 2.58. The Hall–Kier alpha value is -3.57. The molecule has 0 radical (unpaired) electrons. The van der Waals surface area contributed by atoms with Gasteiger partial charge in [0.25, 0.3) is 0 Å². The second-order valence-electron chi connectivity index (χ2n) is 9.96. The van der Waals surface area contributed by atoms with Crippen molar-refractivity contribution in [3.8, 4) is 11.8 Å². The van der Waals surface area contributed by atoms with Crippen LogP contribution in [0.25, 0.3) is 5.52 Å². The molecule has 0 bridgehead atoms. The van der Waals surface area contributed by atoms with Crippen molar-refractivity contribution < 1.29 is 38.1 Å². The maximum absolute atomic E-state index is 13.9. The molecule has 1 aromatic carbocycles. The van der Waals surface area contributed by atoms with Crippen LogP contribution in [0, 0.1) is 17.2 Å². The topological polar surface area (TPSA) is 204 Å². The van der Waals surface area contributed by atoms with E-state index in [1.54, 1.807) is 36.4 Å². The van der Waals surface area contributed by atoms with E-state index in [9.17, 15) is 24.8 Å². The lowest BCUT2D eigenvalue weighted by atomic mass is 9.92. The Bertz CT molecular complexity index is 1460. The number of fused-ring (bicyclic) bond motifs is 1. The summed E-state index contributed by atoms with van der Waals surface area (Å²) in [6.45, 7) is 5.08. The normalized spacial score (nSPS) is 24.3. The average Bonchev–Trinajstić information content (AvgIpc) is 3.53. The third-order valence-electron chi connectivity index (χ3n) is 7.19. The molecule has 1 unspecified atom stereocenters. The summed E-state index contributed by atoms with van der Waals surface area (Å²) >= 11 is 0. The van der Waals surface area contributed by atoms with Gasteiger partial charge >= 0.3 is 13.7 Å². The number of nitrogens with two attached hydrogens (primary N) is 1. The van der Waals surface area contributed by atoms with Gasteiger partial charge in [-0.1, -0.05) is 44.9 Å². The van der Waals surface area contributed by atoms with Crippen LogP contribution in [0.15, 0.2) is 48.8 Å². The van der Waals surface area contributed by atoms with E-state index in [-0.39, 0.29) is 29.8 Å². The number of benzene rings is 1. The first-order chi connectivity index (χ1) is 20.1. The molecule has 1 aliphatic rings. The summed E-state index contributed by atoms with van der Waals surface area (Å²) in [7, 11) is -4.32. The molecule has 1 aliphatic heterocycles. The molecular weight excluding hydrogens is 567 g/mol. The fourth-order valence-electron chi connectivity index (χ4n) is 4.57. The number of carbonyl (C=O) groups is 1. The second-order valence-corrected chi connectivity index (χ2v) is 11.7. The maximum Gasteiger partial charge on any atom is 0.459 e. The molecule has 4 rings (SSSR count). The number of nitriles is 1. The zero-order valence-electron chi connectivity index (χ0n) is 23.5. The summed E-state index contributed by atoms with van der Waals surface area (Å²) in [5.74, 6) is -0.143. The molecule has 14 nitrogen and oxygen atoms in total. The molecule has 6 atom stereocenters. The fourth-order valence-corrected chi connectivity index (χ4v) is 6.07. The molecule has 1 saturated heterocycles. The molecule has 0 spiro atoms. The Morgan fingerprint density at radius 1 is 1.26 bits per heavy atom. The molecule has 42 heavy (non-hydrogen) atoms. The first-order valence-electron chi connectivity index (χ1n) is 13.5. The van der Waals surface area contributed by atoms with Crippen LogP contribution in [0.3, 0.4) is 0 Å². The first kappa shape index (κ1) is 31.4. The number of para-hydroxylation sites is 1. The van der Waals surface area contributed by atoms with Crippen LogP contribution in [-0.4, -0.2) is 68.3 Å². The number of aliphatic hydroxyl groups is 2. The highest BCUT2D eigenvalue weighted by molar-refractivity contribution is 7.52. The van der Waals surface area contributed by atoms with Gasteiger partial charge in [-0.15, -0.1) is 0 Å². The third-order valence-corrected chi connectivity index (χ3v) is 8.83. The zero-order chi connectivity index (χ0) is 30.5. The van der Waals surface area contributed by atoms with E-state index >= 15 is 0 Å². The number of aliphatic hydroxyl groups excluding tert-OH is 2. The Balaban J connectivity index is 1.53. The Morgan fingerprint density at radius 2 is 1.98 bits per heavy atom. The van der Waals surface area contributed by atoms with E-state index < -0.39 is 50.3 Å². The molecule has 2 aromatic heterocycles. The summed E-state index contributed by atoms with van der Waals surface area (Å²) < 4.78 is 37.8. The van der Waals surface area contributed by atoms with Crippen LogP contribution in [0.1, 0.15) is 39.3 Å². The van der Waals surface area contributed by atoms with Gasteiger partial charge in [0.05, 0.1) is 18.9 Å². The molecule has 226 valence electrons. The first-order valence-corrected chi connectivity index (χ1v) is 15.1. The minimum Gasteiger partial charge on any atom is -0.464 e. The zero-order valence-corrected chi connectivity index (χ0v) is 24.4. The summed E-state index contributed by atoms with van der Waals surface area (Å²) in [4.78, 5) is 16.6. The van der Waals surface area contributed by atoms with Gasteiger partial charge in [0, 0.05) is 0 Å². The maximum atomic E-state index is 13.9. The number of rotatable bonds is 13. The number of nitrogens with one attached hydrogen (secondary N) is 1. The smallest absolute Gasteiger partial charge is 0.459 e. The minimum atomic E-state index is -4.32.